The fraction of sp³-hybridized carbons (Fsp3) is 0.880. The van der Waals surface area contributed by atoms with Gasteiger partial charge in [0.15, 0.2) is 0 Å². The Morgan fingerprint density at radius 2 is 2.03 bits per heavy atom. The number of hydrogen-bond donors (Lipinski definition) is 0. The molecule has 1 spiro atoms. The molecule has 6 nitrogen and oxygen atoms in total. The van der Waals surface area contributed by atoms with Gasteiger partial charge in [0.25, 0.3) is 0 Å². The fourth-order valence-corrected chi connectivity index (χ4v) is 6.15. The van der Waals surface area contributed by atoms with Gasteiger partial charge >= 0.3 is 6.09 Å². The van der Waals surface area contributed by atoms with E-state index in [4.69, 9.17) is 14.2 Å². The Morgan fingerprint density at radius 1 is 1.25 bits per heavy atom. The number of rotatable bonds is 7. The number of carbonyl (C=O) groups excluding carboxylic acids is 1. The summed E-state index contributed by atoms with van der Waals surface area (Å²) >= 11 is 0. The summed E-state index contributed by atoms with van der Waals surface area (Å²) in [6, 6.07) is 0. The summed E-state index contributed by atoms with van der Waals surface area (Å²) in [5.41, 5.74) is 1.08. The van der Waals surface area contributed by atoms with Crippen molar-refractivity contribution >= 4 is 6.09 Å². The summed E-state index contributed by atoms with van der Waals surface area (Å²) in [5, 5.41) is 0. The Kier molecular flexibility index (Phi) is 6.04. The van der Waals surface area contributed by atoms with E-state index in [0.29, 0.717) is 18.9 Å². The molecule has 32 heavy (non-hydrogen) atoms. The molecule has 1 aliphatic carbocycles. The van der Waals surface area contributed by atoms with Crippen LogP contribution in [0.1, 0.15) is 59.3 Å². The van der Waals surface area contributed by atoms with Crippen LogP contribution in [0.3, 0.4) is 0 Å². The number of hydrogen-bond acceptors (Lipinski definition) is 5. The van der Waals surface area contributed by atoms with Crippen molar-refractivity contribution in [2.24, 2.45) is 11.8 Å². The highest BCUT2D eigenvalue weighted by atomic mass is 19.1. The SMILES string of the molecule is CC(C)=CC[C@H]1O[C@]1(C)C1CC(OC(=O)N2CC(CCN3CC[C@H](F)C3)C2)CCC12CO2. The van der Waals surface area contributed by atoms with Gasteiger partial charge < -0.3 is 24.0 Å². The molecule has 0 aromatic rings. The third kappa shape index (κ3) is 4.58. The van der Waals surface area contributed by atoms with Crippen molar-refractivity contribution in [3.63, 3.8) is 0 Å². The lowest BCUT2D eigenvalue weighted by atomic mass is 9.70. The van der Waals surface area contributed by atoms with E-state index in [0.717, 1.165) is 64.9 Å². The number of ether oxygens (including phenoxy) is 3. The van der Waals surface area contributed by atoms with Crippen LogP contribution in [-0.2, 0) is 14.2 Å². The summed E-state index contributed by atoms with van der Waals surface area (Å²) in [5.74, 6) is 0.791. The Morgan fingerprint density at radius 3 is 2.69 bits per heavy atom. The number of amides is 1. The molecule has 5 fully saturated rings. The summed E-state index contributed by atoms with van der Waals surface area (Å²) < 4.78 is 31.4. The maximum Gasteiger partial charge on any atom is 0.410 e. The van der Waals surface area contributed by atoms with Gasteiger partial charge in [0.05, 0.1) is 23.9 Å². The van der Waals surface area contributed by atoms with Crippen LogP contribution in [0, 0.1) is 11.8 Å². The summed E-state index contributed by atoms with van der Waals surface area (Å²) in [7, 11) is 0. The molecule has 5 rings (SSSR count). The third-order valence-corrected chi connectivity index (χ3v) is 8.50. The summed E-state index contributed by atoms with van der Waals surface area (Å²) in [4.78, 5) is 16.7. The first kappa shape index (κ1) is 22.6. The minimum atomic E-state index is -0.659. The Labute approximate surface area is 191 Å². The molecule has 0 radical (unpaired) electrons. The first-order valence-electron chi connectivity index (χ1n) is 12.5. The number of epoxide rings is 2. The molecular weight excluding hydrogens is 411 g/mol. The minimum absolute atomic E-state index is 0.0578. The summed E-state index contributed by atoms with van der Waals surface area (Å²) in [6.45, 7) is 11.2. The van der Waals surface area contributed by atoms with Gasteiger partial charge in [-0.05, 0) is 71.8 Å². The number of nitrogens with zero attached hydrogens (tertiary/aromatic N) is 2. The molecule has 7 heteroatoms. The topological polar surface area (TPSA) is 57.8 Å². The van der Waals surface area contributed by atoms with Crippen LogP contribution in [0.25, 0.3) is 0 Å². The molecule has 6 atom stereocenters. The lowest BCUT2D eigenvalue weighted by molar-refractivity contribution is -0.0231. The second-order valence-electron chi connectivity index (χ2n) is 11.2. The number of likely N-dealkylation sites (tertiary alicyclic amines) is 2. The van der Waals surface area contributed by atoms with Crippen molar-refractivity contribution in [3.05, 3.63) is 11.6 Å². The Balaban J connectivity index is 1.07. The molecule has 0 N–H and O–H groups in total. The van der Waals surface area contributed by atoms with Gasteiger partial charge in [-0.1, -0.05) is 11.6 Å². The van der Waals surface area contributed by atoms with Crippen LogP contribution in [0.4, 0.5) is 9.18 Å². The molecule has 0 bridgehead atoms. The van der Waals surface area contributed by atoms with Gasteiger partial charge in [-0.3, -0.25) is 0 Å². The van der Waals surface area contributed by atoms with Crippen molar-refractivity contribution < 1.29 is 23.4 Å². The zero-order valence-corrected chi connectivity index (χ0v) is 19.9. The van der Waals surface area contributed by atoms with Gasteiger partial charge in [0.1, 0.15) is 12.3 Å². The Hall–Kier alpha value is -1.18. The van der Waals surface area contributed by atoms with E-state index in [1.54, 1.807) is 0 Å². The largest absolute Gasteiger partial charge is 0.446 e. The van der Waals surface area contributed by atoms with Crippen LogP contribution in [0.5, 0.6) is 0 Å². The van der Waals surface area contributed by atoms with Crippen molar-refractivity contribution in [1.82, 2.24) is 9.80 Å². The highest BCUT2D eigenvalue weighted by Gasteiger charge is 2.68. The highest BCUT2D eigenvalue weighted by molar-refractivity contribution is 5.68. The van der Waals surface area contributed by atoms with E-state index >= 15 is 0 Å². The molecule has 1 amide bonds. The number of allylic oxidation sites excluding steroid dienone is 1. The molecule has 0 aromatic carbocycles. The fourth-order valence-electron chi connectivity index (χ4n) is 6.15. The Bertz CT molecular complexity index is 746. The van der Waals surface area contributed by atoms with Crippen molar-refractivity contribution in [2.45, 2.75) is 88.9 Å². The average Bonchev–Trinajstić information content (AvgIpc) is 3.58. The van der Waals surface area contributed by atoms with Crippen molar-refractivity contribution in [2.75, 3.05) is 39.3 Å². The molecule has 180 valence electrons. The third-order valence-electron chi connectivity index (χ3n) is 8.50. The highest BCUT2D eigenvalue weighted by Crippen LogP contribution is 2.59. The molecule has 4 heterocycles. The van der Waals surface area contributed by atoms with E-state index in [2.05, 4.69) is 31.7 Å². The van der Waals surface area contributed by atoms with Crippen LogP contribution in [-0.4, -0.2) is 84.8 Å². The molecule has 4 saturated heterocycles. The van der Waals surface area contributed by atoms with Crippen molar-refractivity contribution in [3.8, 4) is 0 Å². The van der Waals surface area contributed by atoms with E-state index < -0.39 is 6.17 Å². The average molecular weight is 451 g/mol. The van der Waals surface area contributed by atoms with E-state index in [1.807, 2.05) is 4.90 Å². The van der Waals surface area contributed by atoms with Crippen LogP contribution in [0.2, 0.25) is 0 Å². The van der Waals surface area contributed by atoms with E-state index in [9.17, 15) is 9.18 Å². The van der Waals surface area contributed by atoms with E-state index in [1.165, 1.54) is 5.57 Å². The van der Waals surface area contributed by atoms with Crippen LogP contribution < -0.4 is 0 Å². The molecule has 1 saturated carbocycles. The smallest absolute Gasteiger partial charge is 0.410 e. The van der Waals surface area contributed by atoms with Gasteiger partial charge in [0.2, 0.25) is 0 Å². The van der Waals surface area contributed by atoms with Gasteiger partial charge in [-0.15, -0.1) is 0 Å². The van der Waals surface area contributed by atoms with Crippen molar-refractivity contribution in [1.29, 1.82) is 0 Å². The first-order valence-corrected chi connectivity index (χ1v) is 12.5. The molecular formula is C25H39FN2O4. The van der Waals surface area contributed by atoms with Gasteiger partial charge in [0, 0.05) is 32.1 Å². The normalized spacial score (nSPS) is 41.4. The molecule has 0 aromatic heterocycles. The maximum atomic E-state index is 13.3. The minimum Gasteiger partial charge on any atom is -0.446 e. The first-order chi connectivity index (χ1) is 15.3. The lowest BCUT2D eigenvalue weighted by Crippen LogP contribution is -2.52. The second-order valence-corrected chi connectivity index (χ2v) is 11.2. The van der Waals surface area contributed by atoms with Crippen LogP contribution in [0.15, 0.2) is 11.6 Å². The zero-order valence-electron chi connectivity index (χ0n) is 19.9. The number of carbonyl (C=O) groups is 1. The predicted molar refractivity (Wildman–Crippen MR) is 119 cm³/mol. The quantitative estimate of drug-likeness (QED) is 0.434. The predicted octanol–water partition coefficient (Wildman–Crippen LogP) is 3.94. The lowest BCUT2D eigenvalue weighted by Gasteiger charge is -2.41. The summed E-state index contributed by atoms with van der Waals surface area (Å²) in [6.07, 6.45) is 6.86. The zero-order chi connectivity index (χ0) is 22.5. The van der Waals surface area contributed by atoms with E-state index in [-0.39, 0.29) is 35.4 Å². The molecule has 3 unspecified atom stereocenters. The van der Waals surface area contributed by atoms with Crippen LogP contribution >= 0.6 is 0 Å². The molecule has 4 aliphatic heterocycles. The van der Waals surface area contributed by atoms with Gasteiger partial charge in [-0.2, -0.15) is 0 Å². The second kappa shape index (κ2) is 8.55. The standard InChI is InChI=1S/C25H39FN2O4/c1-17(2)4-5-22-24(3,32-22)21-12-20(6-9-25(21)16-30-25)31-23(29)28-13-18(14-28)7-10-27-11-8-19(26)15-27/h4,18-22H,5-16H2,1-3H3/t19-,20?,21?,22+,24+,25?/m0/s1. The number of alkyl halides is 1. The molecule has 5 aliphatic rings. The monoisotopic (exact) mass is 450 g/mol. The number of halogens is 1. The van der Waals surface area contributed by atoms with Gasteiger partial charge in [-0.25, -0.2) is 9.18 Å². The maximum absolute atomic E-state index is 13.3.